The topological polar surface area (TPSA) is 38.9 Å². The molecule has 0 fully saturated rings. The maximum atomic E-state index is 6.69. The van der Waals surface area contributed by atoms with Crippen LogP contribution in [0.3, 0.4) is 0 Å². The van der Waals surface area contributed by atoms with Gasteiger partial charge in [-0.2, -0.15) is 0 Å². The van der Waals surface area contributed by atoms with Gasteiger partial charge in [0.2, 0.25) is 0 Å². The van der Waals surface area contributed by atoms with Crippen molar-refractivity contribution >= 4 is 32.7 Å². The molecular weight excluding hydrogens is 572 g/mol. The monoisotopic (exact) mass is 600 g/mol. The van der Waals surface area contributed by atoms with Crippen LogP contribution in [0.25, 0.3) is 88.9 Å². The highest BCUT2D eigenvalue weighted by atomic mass is 16.3. The van der Waals surface area contributed by atoms with Crippen LogP contribution in [0.4, 0.5) is 0 Å². The minimum Gasteiger partial charge on any atom is -0.455 e. The van der Waals surface area contributed by atoms with E-state index in [1.165, 1.54) is 10.8 Å². The Kier molecular flexibility index (Phi) is 6.46. The van der Waals surface area contributed by atoms with Gasteiger partial charge in [-0.25, -0.2) is 9.97 Å². The second kappa shape index (κ2) is 11.2. The van der Waals surface area contributed by atoms with Crippen LogP contribution in [0, 0.1) is 0 Å². The summed E-state index contributed by atoms with van der Waals surface area (Å²) in [4.78, 5) is 9.98. The van der Waals surface area contributed by atoms with Crippen molar-refractivity contribution in [2.45, 2.75) is 0 Å². The lowest BCUT2D eigenvalue weighted by molar-refractivity contribution is 0.670. The van der Waals surface area contributed by atoms with Gasteiger partial charge in [-0.05, 0) is 45.7 Å². The second-order valence-electron chi connectivity index (χ2n) is 11.8. The largest absolute Gasteiger partial charge is 0.455 e. The van der Waals surface area contributed by atoms with Crippen molar-refractivity contribution in [3.05, 3.63) is 170 Å². The Bertz CT molecular complexity index is 2480. The van der Waals surface area contributed by atoms with E-state index in [-0.39, 0.29) is 0 Å². The molecule has 0 spiro atoms. The number of hydrogen-bond acceptors (Lipinski definition) is 3. The number of benzene rings is 7. The van der Waals surface area contributed by atoms with Gasteiger partial charge in [0, 0.05) is 33.0 Å². The number of nitrogens with zero attached hydrogens (tertiary/aromatic N) is 2. The predicted octanol–water partition coefficient (Wildman–Crippen LogP) is 11.9. The first-order chi connectivity index (χ1) is 23.3. The molecule has 220 valence electrons. The van der Waals surface area contributed by atoms with Gasteiger partial charge in [-0.15, -0.1) is 0 Å². The molecule has 0 saturated carbocycles. The zero-order chi connectivity index (χ0) is 31.2. The van der Waals surface area contributed by atoms with Crippen molar-refractivity contribution in [2.24, 2.45) is 0 Å². The van der Waals surface area contributed by atoms with Gasteiger partial charge in [0.25, 0.3) is 0 Å². The first kappa shape index (κ1) is 27.0. The summed E-state index contributed by atoms with van der Waals surface area (Å²) in [7, 11) is 0. The highest BCUT2D eigenvalue weighted by Gasteiger charge is 2.19. The van der Waals surface area contributed by atoms with E-state index in [0.717, 1.165) is 72.3 Å². The molecule has 0 aliphatic carbocycles. The summed E-state index contributed by atoms with van der Waals surface area (Å²) in [5.41, 5.74) is 11.2. The lowest BCUT2D eigenvalue weighted by Crippen LogP contribution is -1.95. The number of hydrogen-bond donors (Lipinski definition) is 0. The highest BCUT2D eigenvalue weighted by Crippen LogP contribution is 2.44. The summed E-state index contributed by atoms with van der Waals surface area (Å²) < 4.78 is 6.69. The Morgan fingerprint density at radius 1 is 0.404 bits per heavy atom. The Hall–Kier alpha value is -6.32. The number of furan rings is 1. The molecule has 3 heteroatoms. The molecule has 7 aromatic carbocycles. The van der Waals surface area contributed by atoms with Crippen LogP contribution < -0.4 is 0 Å². The van der Waals surface area contributed by atoms with E-state index in [9.17, 15) is 0 Å². The number of fused-ring (bicyclic) bond motifs is 4. The van der Waals surface area contributed by atoms with Gasteiger partial charge in [0.05, 0.1) is 11.4 Å². The van der Waals surface area contributed by atoms with Crippen molar-refractivity contribution in [3.63, 3.8) is 0 Å². The van der Waals surface area contributed by atoms with E-state index < -0.39 is 0 Å². The average molecular weight is 601 g/mol. The van der Waals surface area contributed by atoms with Crippen molar-refractivity contribution in [1.82, 2.24) is 9.97 Å². The lowest BCUT2D eigenvalue weighted by Gasteiger charge is -2.11. The maximum Gasteiger partial charge on any atom is 0.160 e. The summed E-state index contributed by atoms with van der Waals surface area (Å²) in [5, 5.41) is 4.62. The third kappa shape index (κ3) is 4.77. The molecule has 9 aromatic rings. The Balaban J connectivity index is 1.20. The number of aromatic nitrogens is 2. The molecule has 0 aliphatic heterocycles. The molecule has 0 atom stereocenters. The normalized spacial score (nSPS) is 11.4. The quantitative estimate of drug-likeness (QED) is 0.197. The molecule has 9 rings (SSSR count). The van der Waals surface area contributed by atoms with Gasteiger partial charge < -0.3 is 4.42 Å². The fourth-order valence-electron chi connectivity index (χ4n) is 6.65. The smallest absolute Gasteiger partial charge is 0.160 e. The zero-order valence-electron chi connectivity index (χ0n) is 25.5. The van der Waals surface area contributed by atoms with Crippen LogP contribution in [-0.4, -0.2) is 9.97 Å². The minimum absolute atomic E-state index is 0.710. The summed E-state index contributed by atoms with van der Waals surface area (Å²) in [6, 6.07) is 59.0. The highest BCUT2D eigenvalue weighted by molar-refractivity contribution is 6.21. The Morgan fingerprint density at radius 3 is 1.68 bits per heavy atom. The van der Waals surface area contributed by atoms with E-state index in [4.69, 9.17) is 14.4 Å². The van der Waals surface area contributed by atoms with E-state index in [0.29, 0.717) is 5.82 Å². The number of rotatable bonds is 5. The van der Waals surface area contributed by atoms with Crippen LogP contribution in [0.15, 0.2) is 174 Å². The Morgan fingerprint density at radius 2 is 0.979 bits per heavy atom. The van der Waals surface area contributed by atoms with Crippen molar-refractivity contribution in [1.29, 1.82) is 0 Å². The molecule has 0 saturated heterocycles. The zero-order valence-corrected chi connectivity index (χ0v) is 25.5. The second-order valence-corrected chi connectivity index (χ2v) is 11.8. The first-order valence-corrected chi connectivity index (χ1v) is 15.8. The van der Waals surface area contributed by atoms with E-state index in [1.807, 2.05) is 36.4 Å². The fraction of sp³-hybridized carbons (Fsp3) is 0. The summed E-state index contributed by atoms with van der Waals surface area (Å²) in [6.07, 6.45) is 0. The van der Waals surface area contributed by atoms with Crippen LogP contribution in [0.1, 0.15) is 0 Å². The molecule has 0 aliphatic rings. The summed E-state index contributed by atoms with van der Waals surface area (Å²) in [6.45, 7) is 0. The third-order valence-electron chi connectivity index (χ3n) is 8.89. The molecule has 0 N–H and O–H groups in total. The van der Waals surface area contributed by atoms with Gasteiger partial charge in [-0.3, -0.25) is 0 Å². The van der Waals surface area contributed by atoms with Crippen LogP contribution in [0.2, 0.25) is 0 Å². The molecule has 0 unspecified atom stereocenters. The van der Waals surface area contributed by atoms with Crippen molar-refractivity contribution in [2.75, 3.05) is 0 Å². The van der Waals surface area contributed by atoms with Crippen molar-refractivity contribution in [3.8, 4) is 56.2 Å². The lowest BCUT2D eigenvalue weighted by atomic mass is 9.93. The maximum absolute atomic E-state index is 6.69. The molecule has 0 radical (unpaired) electrons. The van der Waals surface area contributed by atoms with Crippen LogP contribution in [0.5, 0.6) is 0 Å². The molecule has 0 amide bonds. The van der Waals surface area contributed by atoms with Crippen LogP contribution >= 0.6 is 0 Å². The first-order valence-electron chi connectivity index (χ1n) is 15.8. The Labute approximate surface area is 272 Å². The van der Waals surface area contributed by atoms with E-state index >= 15 is 0 Å². The van der Waals surface area contributed by atoms with Crippen LogP contribution in [-0.2, 0) is 0 Å². The minimum atomic E-state index is 0.710. The molecule has 2 heterocycles. The SMILES string of the molecule is c1ccc(-c2cc(-c3ccc(-c4cccc5oc6c(-c7ccccc7)c7ccccc7cc6c45)cc3)nc(-c3ccccc3)n2)cc1. The van der Waals surface area contributed by atoms with E-state index in [1.54, 1.807) is 0 Å². The molecule has 3 nitrogen and oxygen atoms in total. The summed E-state index contributed by atoms with van der Waals surface area (Å²) in [5.74, 6) is 0.710. The average Bonchev–Trinajstić information content (AvgIpc) is 3.53. The summed E-state index contributed by atoms with van der Waals surface area (Å²) >= 11 is 0. The van der Waals surface area contributed by atoms with Gasteiger partial charge >= 0.3 is 0 Å². The molecule has 47 heavy (non-hydrogen) atoms. The third-order valence-corrected chi connectivity index (χ3v) is 8.89. The predicted molar refractivity (Wildman–Crippen MR) is 194 cm³/mol. The van der Waals surface area contributed by atoms with Gasteiger partial charge in [0.15, 0.2) is 5.82 Å². The molecule has 0 bridgehead atoms. The van der Waals surface area contributed by atoms with Crippen molar-refractivity contribution < 1.29 is 4.42 Å². The molecular formula is C44H28N2O. The molecule has 2 aromatic heterocycles. The standard InChI is InChI=1S/C44H28N2O/c1-4-13-30(14-5-1)38-28-39(46-44(45-38)33-17-8-3-9-18-33)31-25-23-29(24-26-31)35-21-12-22-40-42(35)37-27-34-19-10-11-20-36(34)41(43(37)47-40)32-15-6-2-7-16-32/h1-28H. The van der Waals surface area contributed by atoms with Gasteiger partial charge in [-0.1, -0.05) is 152 Å². The van der Waals surface area contributed by atoms with Gasteiger partial charge in [0.1, 0.15) is 11.2 Å². The fourth-order valence-corrected chi connectivity index (χ4v) is 6.65. The van der Waals surface area contributed by atoms with E-state index in [2.05, 4.69) is 133 Å².